The molecule has 116 valence electrons. The number of furan rings is 1. The molecule has 0 atom stereocenters. The highest BCUT2D eigenvalue weighted by Crippen LogP contribution is 2.14. The van der Waals surface area contributed by atoms with Crippen molar-refractivity contribution in [1.29, 1.82) is 0 Å². The fraction of sp³-hybridized carbons (Fsp3) is 0.500. The van der Waals surface area contributed by atoms with E-state index in [1.807, 2.05) is 0 Å². The largest absolute Gasteiger partial charge is 0.480 e. The highest BCUT2D eigenvalue weighted by atomic mass is 16.4. The normalized spacial score (nSPS) is 11.0. The third-order valence-electron chi connectivity index (χ3n) is 2.81. The molecule has 0 spiro atoms. The Morgan fingerprint density at radius 1 is 1.33 bits per heavy atom. The quantitative estimate of drug-likeness (QED) is 0.819. The minimum absolute atomic E-state index is 0.0359. The molecule has 0 aromatic carbocycles. The van der Waals surface area contributed by atoms with E-state index in [1.165, 1.54) is 23.5 Å². The topological polar surface area (TPSA) is 99.9 Å². The van der Waals surface area contributed by atoms with E-state index < -0.39 is 11.5 Å². The van der Waals surface area contributed by atoms with Crippen LogP contribution in [0.5, 0.6) is 0 Å². The molecule has 1 aromatic heterocycles. The summed E-state index contributed by atoms with van der Waals surface area (Å²) in [6.07, 6.45) is 2.73. The molecule has 21 heavy (non-hydrogen) atoms. The molecular formula is C14H20N2O5. The Morgan fingerprint density at radius 2 is 2.00 bits per heavy atom. The summed E-state index contributed by atoms with van der Waals surface area (Å²) in [5.41, 5.74) is -0.218. The van der Waals surface area contributed by atoms with Gasteiger partial charge >= 0.3 is 5.97 Å². The lowest BCUT2D eigenvalue weighted by Gasteiger charge is -2.34. The molecule has 0 aliphatic heterocycles. The van der Waals surface area contributed by atoms with Crippen LogP contribution in [0, 0.1) is 0 Å². The molecule has 7 nitrogen and oxygen atoms in total. The van der Waals surface area contributed by atoms with Gasteiger partial charge in [-0.3, -0.25) is 14.4 Å². The number of amides is 2. The molecule has 0 bridgehead atoms. The number of carbonyl (C=O) groups excluding carboxylic acids is 2. The first-order chi connectivity index (χ1) is 9.71. The van der Waals surface area contributed by atoms with Crippen molar-refractivity contribution in [3.63, 3.8) is 0 Å². The second-order valence-corrected chi connectivity index (χ2v) is 5.56. The van der Waals surface area contributed by atoms with Crippen LogP contribution in [-0.2, 0) is 9.59 Å². The van der Waals surface area contributed by atoms with Gasteiger partial charge in [-0.05, 0) is 26.8 Å². The minimum atomic E-state index is -1.07. The van der Waals surface area contributed by atoms with E-state index in [2.05, 4.69) is 5.32 Å². The van der Waals surface area contributed by atoms with Gasteiger partial charge in [0.15, 0.2) is 0 Å². The van der Waals surface area contributed by atoms with Gasteiger partial charge in [-0.25, -0.2) is 0 Å². The molecule has 1 rings (SSSR count). The number of carboxylic acids is 1. The first kappa shape index (κ1) is 16.7. The summed E-state index contributed by atoms with van der Waals surface area (Å²) < 4.78 is 4.79. The van der Waals surface area contributed by atoms with Crippen molar-refractivity contribution >= 4 is 17.8 Å². The van der Waals surface area contributed by atoms with Gasteiger partial charge < -0.3 is 19.7 Å². The summed E-state index contributed by atoms with van der Waals surface area (Å²) >= 11 is 0. The van der Waals surface area contributed by atoms with Crippen LogP contribution in [0.3, 0.4) is 0 Å². The van der Waals surface area contributed by atoms with E-state index in [0.717, 1.165) is 0 Å². The lowest BCUT2D eigenvalue weighted by molar-refractivity contribution is -0.148. The molecule has 0 saturated carbocycles. The summed E-state index contributed by atoms with van der Waals surface area (Å²) in [5.74, 6) is -1.73. The monoisotopic (exact) mass is 296 g/mol. The maximum atomic E-state index is 12.1. The molecule has 0 aliphatic rings. The molecule has 2 amide bonds. The molecule has 1 heterocycles. The van der Waals surface area contributed by atoms with Crippen LogP contribution in [0.2, 0.25) is 0 Å². The molecular weight excluding hydrogens is 276 g/mol. The first-order valence-corrected chi connectivity index (χ1v) is 6.54. The maximum Gasteiger partial charge on any atom is 0.323 e. The predicted octanol–water partition coefficient (Wildman–Crippen LogP) is 1.11. The van der Waals surface area contributed by atoms with E-state index >= 15 is 0 Å². The van der Waals surface area contributed by atoms with E-state index in [9.17, 15) is 14.4 Å². The van der Waals surface area contributed by atoms with E-state index in [-0.39, 0.29) is 31.3 Å². The first-order valence-electron chi connectivity index (χ1n) is 6.54. The van der Waals surface area contributed by atoms with Crippen molar-refractivity contribution in [3.8, 4) is 0 Å². The van der Waals surface area contributed by atoms with E-state index in [0.29, 0.717) is 5.56 Å². The molecule has 0 saturated heterocycles. The van der Waals surface area contributed by atoms with Crippen molar-refractivity contribution in [1.82, 2.24) is 10.2 Å². The van der Waals surface area contributed by atoms with Crippen molar-refractivity contribution in [2.24, 2.45) is 0 Å². The number of hydrogen-bond acceptors (Lipinski definition) is 4. The van der Waals surface area contributed by atoms with Gasteiger partial charge in [0.1, 0.15) is 12.8 Å². The zero-order valence-electron chi connectivity index (χ0n) is 12.4. The summed E-state index contributed by atoms with van der Waals surface area (Å²) in [5, 5.41) is 11.4. The summed E-state index contributed by atoms with van der Waals surface area (Å²) in [4.78, 5) is 35.8. The van der Waals surface area contributed by atoms with Crippen molar-refractivity contribution in [3.05, 3.63) is 24.2 Å². The van der Waals surface area contributed by atoms with Gasteiger partial charge in [-0.1, -0.05) is 0 Å². The summed E-state index contributed by atoms with van der Waals surface area (Å²) in [7, 11) is 0. The van der Waals surface area contributed by atoms with Crippen LogP contribution < -0.4 is 5.32 Å². The van der Waals surface area contributed by atoms with Gasteiger partial charge in [0.2, 0.25) is 5.91 Å². The Balaban J connectivity index is 2.50. The second kappa shape index (κ2) is 6.92. The highest BCUT2D eigenvalue weighted by molar-refractivity contribution is 5.94. The standard InChI is InChI=1S/C14H20N2O5/c1-14(2,3)16(8-12(18)19)11(17)4-6-15-13(20)10-5-7-21-9-10/h5,7,9H,4,6,8H2,1-3H3,(H,15,20)(H,18,19). The Bertz CT molecular complexity index is 502. The van der Waals surface area contributed by atoms with Crippen LogP contribution in [0.1, 0.15) is 37.6 Å². The number of hydrogen-bond donors (Lipinski definition) is 2. The molecule has 0 radical (unpaired) electrons. The summed E-state index contributed by atoms with van der Waals surface area (Å²) in [6, 6.07) is 1.52. The van der Waals surface area contributed by atoms with Crippen molar-refractivity contribution < 1.29 is 23.9 Å². The van der Waals surface area contributed by atoms with Crippen LogP contribution in [0.25, 0.3) is 0 Å². The molecule has 7 heteroatoms. The SMILES string of the molecule is CC(C)(C)N(CC(=O)O)C(=O)CCNC(=O)c1ccoc1. The zero-order chi connectivity index (χ0) is 16.0. The Labute approximate surface area is 122 Å². The lowest BCUT2D eigenvalue weighted by atomic mass is 10.1. The van der Waals surface area contributed by atoms with Crippen molar-refractivity contribution in [2.45, 2.75) is 32.7 Å². The second-order valence-electron chi connectivity index (χ2n) is 5.56. The van der Waals surface area contributed by atoms with Crippen LogP contribution in [0.15, 0.2) is 23.0 Å². The van der Waals surface area contributed by atoms with E-state index in [1.54, 1.807) is 20.8 Å². The zero-order valence-corrected chi connectivity index (χ0v) is 12.4. The van der Waals surface area contributed by atoms with Gasteiger partial charge in [0.25, 0.3) is 5.91 Å². The number of carbonyl (C=O) groups is 3. The molecule has 1 aromatic rings. The fourth-order valence-corrected chi connectivity index (χ4v) is 1.75. The third kappa shape index (κ3) is 5.29. The summed E-state index contributed by atoms with van der Waals surface area (Å²) in [6.45, 7) is 5.06. The molecule has 0 fully saturated rings. The minimum Gasteiger partial charge on any atom is -0.480 e. The highest BCUT2D eigenvalue weighted by Gasteiger charge is 2.27. The number of nitrogens with zero attached hydrogens (tertiary/aromatic N) is 1. The smallest absolute Gasteiger partial charge is 0.323 e. The van der Waals surface area contributed by atoms with Crippen LogP contribution in [0.4, 0.5) is 0 Å². The number of rotatable bonds is 6. The molecule has 0 aliphatic carbocycles. The number of carboxylic acid groups (broad SMARTS) is 1. The average molecular weight is 296 g/mol. The fourth-order valence-electron chi connectivity index (χ4n) is 1.75. The van der Waals surface area contributed by atoms with Crippen LogP contribution in [-0.4, -0.2) is 46.4 Å². The third-order valence-corrected chi connectivity index (χ3v) is 2.81. The molecule has 2 N–H and O–H groups in total. The van der Waals surface area contributed by atoms with Gasteiger partial charge in [-0.15, -0.1) is 0 Å². The maximum absolute atomic E-state index is 12.1. The van der Waals surface area contributed by atoms with E-state index in [4.69, 9.17) is 9.52 Å². The van der Waals surface area contributed by atoms with Crippen LogP contribution >= 0.6 is 0 Å². The predicted molar refractivity (Wildman–Crippen MR) is 74.8 cm³/mol. The van der Waals surface area contributed by atoms with Crippen molar-refractivity contribution in [2.75, 3.05) is 13.1 Å². The lowest BCUT2D eigenvalue weighted by Crippen LogP contribution is -2.49. The average Bonchev–Trinajstić information content (AvgIpc) is 2.87. The number of nitrogens with one attached hydrogen (secondary N) is 1. The van der Waals surface area contributed by atoms with Gasteiger partial charge in [0, 0.05) is 18.5 Å². The van der Waals surface area contributed by atoms with Gasteiger partial charge in [-0.2, -0.15) is 0 Å². The Kier molecular flexibility index (Phi) is 5.52. The number of aliphatic carboxylic acids is 1. The Hall–Kier alpha value is -2.31. The van der Waals surface area contributed by atoms with Gasteiger partial charge in [0.05, 0.1) is 11.8 Å². The molecule has 0 unspecified atom stereocenters. The Morgan fingerprint density at radius 3 is 2.48 bits per heavy atom.